The minimum absolute atomic E-state index is 0.00111. The van der Waals surface area contributed by atoms with Gasteiger partial charge in [-0.3, -0.25) is 0 Å². The molecule has 0 saturated carbocycles. The maximum absolute atomic E-state index is 9.23. The van der Waals surface area contributed by atoms with E-state index in [4.69, 9.17) is 4.65 Å². The van der Waals surface area contributed by atoms with Crippen LogP contribution in [0.25, 0.3) is 0 Å². The van der Waals surface area contributed by atoms with Crippen molar-refractivity contribution in [1.82, 2.24) is 0 Å². The first-order valence-electron chi connectivity index (χ1n) is 4.41. The first-order chi connectivity index (χ1) is 6.36. The molecule has 0 spiro atoms. The summed E-state index contributed by atoms with van der Waals surface area (Å²) in [6, 6.07) is 9.94. The van der Waals surface area contributed by atoms with E-state index >= 15 is 0 Å². The molecule has 0 radical (unpaired) electrons. The van der Waals surface area contributed by atoms with Crippen LogP contribution < -0.4 is 0 Å². The second-order valence-corrected chi connectivity index (χ2v) is 3.09. The second-order valence-electron chi connectivity index (χ2n) is 3.09. The fourth-order valence-electron chi connectivity index (χ4n) is 1.47. The summed E-state index contributed by atoms with van der Waals surface area (Å²) in [5, 5.41) is 9.23. The van der Waals surface area contributed by atoms with Gasteiger partial charge in [-0.05, 0) is 12.0 Å². The lowest BCUT2D eigenvalue weighted by Gasteiger charge is -2.21. The Labute approximate surface area is 78.0 Å². The van der Waals surface area contributed by atoms with Crippen molar-refractivity contribution in [3.8, 4) is 0 Å². The molecule has 1 aromatic rings. The number of hydrogen-bond donors (Lipinski definition) is 1. The fraction of sp³-hybridized carbons (Fsp3) is 0.200. The lowest BCUT2D eigenvalue weighted by atomic mass is 9.85. The van der Waals surface area contributed by atoms with Crippen LogP contribution in [0.4, 0.5) is 0 Å². The van der Waals surface area contributed by atoms with Gasteiger partial charge in [-0.2, -0.15) is 0 Å². The Bertz CT molecular complexity index is 297. The van der Waals surface area contributed by atoms with Crippen molar-refractivity contribution in [2.24, 2.45) is 0 Å². The van der Waals surface area contributed by atoms with Crippen LogP contribution in [0.3, 0.4) is 0 Å². The summed E-state index contributed by atoms with van der Waals surface area (Å²) >= 11 is 0. The van der Waals surface area contributed by atoms with Crippen LogP contribution in [-0.4, -0.2) is 12.1 Å². The van der Waals surface area contributed by atoms with Crippen molar-refractivity contribution in [3.05, 3.63) is 47.9 Å². The Morgan fingerprint density at radius 2 is 2.08 bits per heavy atom. The average Bonchev–Trinajstić information content (AvgIpc) is 2.19. The summed E-state index contributed by atoms with van der Waals surface area (Å²) in [5.41, 5.74) is 1.12. The highest BCUT2D eigenvalue weighted by Gasteiger charge is 2.21. The quantitative estimate of drug-likeness (QED) is 0.656. The van der Waals surface area contributed by atoms with Crippen LogP contribution in [-0.2, 0) is 4.65 Å². The predicted octanol–water partition coefficient (Wildman–Crippen LogP) is 1.72. The summed E-state index contributed by atoms with van der Waals surface area (Å²) in [4.78, 5) is 0. The molecule has 1 aromatic carbocycles. The van der Waals surface area contributed by atoms with Gasteiger partial charge in [0, 0.05) is 0 Å². The van der Waals surface area contributed by atoms with Gasteiger partial charge in [-0.1, -0.05) is 42.4 Å². The molecule has 2 nitrogen and oxygen atoms in total. The minimum Gasteiger partial charge on any atom is -0.423 e. The van der Waals surface area contributed by atoms with E-state index in [2.05, 4.69) is 0 Å². The van der Waals surface area contributed by atoms with E-state index in [0.29, 0.717) is 0 Å². The molecule has 1 heterocycles. The fourth-order valence-corrected chi connectivity index (χ4v) is 1.47. The van der Waals surface area contributed by atoms with E-state index in [1.165, 1.54) is 0 Å². The molecule has 1 aliphatic rings. The summed E-state index contributed by atoms with van der Waals surface area (Å²) in [6.07, 6.45) is 2.79. The first-order valence-corrected chi connectivity index (χ1v) is 4.41. The zero-order chi connectivity index (χ0) is 9.10. The van der Waals surface area contributed by atoms with Crippen LogP contribution >= 0.6 is 0 Å². The number of rotatable bonds is 1. The highest BCUT2D eigenvalue weighted by molar-refractivity contribution is 6.49. The van der Waals surface area contributed by atoms with Gasteiger partial charge in [0.05, 0.1) is 6.10 Å². The zero-order valence-corrected chi connectivity index (χ0v) is 7.26. The number of benzene rings is 1. The van der Waals surface area contributed by atoms with Gasteiger partial charge < -0.3 is 9.68 Å². The average molecular weight is 174 g/mol. The first kappa shape index (κ1) is 8.54. The molecule has 0 bridgehead atoms. The molecule has 3 heteroatoms. The SMILES string of the molecule is OB1C=CCC(c2ccccc2)O1. The van der Waals surface area contributed by atoms with E-state index in [-0.39, 0.29) is 6.10 Å². The van der Waals surface area contributed by atoms with Gasteiger partial charge >= 0.3 is 7.12 Å². The number of hydrogen-bond acceptors (Lipinski definition) is 2. The standard InChI is InChI=1S/C10H11BO2/c12-11-8-4-7-10(13-11)9-5-2-1-3-6-9/h1-6,8,10,12H,7H2. The van der Waals surface area contributed by atoms with Crippen molar-refractivity contribution in [3.63, 3.8) is 0 Å². The topological polar surface area (TPSA) is 29.5 Å². The van der Waals surface area contributed by atoms with Gasteiger partial charge in [0.25, 0.3) is 0 Å². The van der Waals surface area contributed by atoms with E-state index < -0.39 is 7.12 Å². The smallest absolute Gasteiger partial charge is 0.423 e. The van der Waals surface area contributed by atoms with Crippen molar-refractivity contribution >= 4 is 7.12 Å². The van der Waals surface area contributed by atoms with Crippen molar-refractivity contribution in [1.29, 1.82) is 0 Å². The molecule has 1 N–H and O–H groups in total. The third-order valence-corrected chi connectivity index (χ3v) is 2.13. The van der Waals surface area contributed by atoms with E-state index in [0.717, 1.165) is 12.0 Å². The monoisotopic (exact) mass is 174 g/mol. The predicted molar refractivity (Wildman–Crippen MR) is 52.0 cm³/mol. The largest absolute Gasteiger partial charge is 0.483 e. The molecule has 1 unspecified atom stereocenters. The summed E-state index contributed by atoms with van der Waals surface area (Å²) in [7, 11) is -0.751. The Morgan fingerprint density at radius 1 is 1.31 bits per heavy atom. The van der Waals surface area contributed by atoms with Gasteiger partial charge in [0.1, 0.15) is 0 Å². The molecule has 0 saturated heterocycles. The van der Waals surface area contributed by atoms with E-state index in [9.17, 15) is 5.02 Å². The third-order valence-electron chi connectivity index (χ3n) is 2.13. The van der Waals surface area contributed by atoms with Crippen LogP contribution in [0.5, 0.6) is 0 Å². The van der Waals surface area contributed by atoms with Gasteiger partial charge in [-0.15, -0.1) is 0 Å². The summed E-state index contributed by atoms with van der Waals surface area (Å²) < 4.78 is 5.34. The highest BCUT2D eigenvalue weighted by atomic mass is 16.5. The molecule has 0 aromatic heterocycles. The van der Waals surface area contributed by atoms with Crippen molar-refractivity contribution < 1.29 is 9.68 Å². The Hall–Kier alpha value is -1.06. The molecule has 66 valence electrons. The molecule has 0 amide bonds. The van der Waals surface area contributed by atoms with Crippen molar-refractivity contribution in [2.75, 3.05) is 0 Å². The van der Waals surface area contributed by atoms with E-state index in [1.807, 2.05) is 36.4 Å². The maximum atomic E-state index is 9.23. The molecule has 1 aliphatic heterocycles. The van der Waals surface area contributed by atoms with Gasteiger partial charge in [-0.25, -0.2) is 0 Å². The van der Waals surface area contributed by atoms with Crippen LogP contribution in [0.2, 0.25) is 0 Å². The molecule has 1 atom stereocenters. The summed E-state index contributed by atoms with van der Waals surface area (Å²) in [5.74, 6) is 1.67. The van der Waals surface area contributed by atoms with E-state index in [1.54, 1.807) is 5.98 Å². The lowest BCUT2D eigenvalue weighted by molar-refractivity contribution is 0.171. The second kappa shape index (κ2) is 3.77. The summed E-state index contributed by atoms with van der Waals surface area (Å²) in [6.45, 7) is 0. The van der Waals surface area contributed by atoms with Crippen LogP contribution in [0.15, 0.2) is 42.4 Å². The third kappa shape index (κ3) is 2.00. The zero-order valence-electron chi connectivity index (χ0n) is 7.26. The Balaban J connectivity index is 2.15. The normalized spacial score (nSPS) is 21.9. The molecular weight excluding hydrogens is 163 g/mol. The van der Waals surface area contributed by atoms with Crippen LogP contribution in [0.1, 0.15) is 18.1 Å². The molecule has 0 fully saturated rings. The Morgan fingerprint density at radius 3 is 2.77 bits per heavy atom. The molecule has 2 rings (SSSR count). The minimum atomic E-state index is -0.751. The van der Waals surface area contributed by atoms with Crippen LogP contribution in [0, 0.1) is 0 Å². The molecular formula is C10H11BO2. The van der Waals surface area contributed by atoms with Gasteiger partial charge in [0.15, 0.2) is 0 Å². The molecule has 0 aliphatic carbocycles. The maximum Gasteiger partial charge on any atom is 0.483 e. The molecule has 13 heavy (non-hydrogen) atoms. The van der Waals surface area contributed by atoms with Gasteiger partial charge in [0.2, 0.25) is 0 Å². The lowest BCUT2D eigenvalue weighted by Crippen LogP contribution is -2.22. The Kier molecular flexibility index (Phi) is 2.48. The highest BCUT2D eigenvalue weighted by Crippen LogP contribution is 2.24. The van der Waals surface area contributed by atoms with Crippen molar-refractivity contribution in [2.45, 2.75) is 12.5 Å².